The molecule has 14 heteroatoms. The Morgan fingerprint density at radius 1 is 0.730 bits per heavy atom. The van der Waals surface area contributed by atoms with Gasteiger partial charge in [0.15, 0.2) is 10.3 Å². The van der Waals surface area contributed by atoms with Crippen LogP contribution in [-0.2, 0) is 20.0 Å². The van der Waals surface area contributed by atoms with E-state index < -0.39 is 20.0 Å². The van der Waals surface area contributed by atoms with Gasteiger partial charge in [-0.1, -0.05) is 58.9 Å². The number of rotatable bonds is 12. The standard InChI is InChI=1S/C23H26Cl2N4O4S4/c1-3-14-26-22(28-36(30,31)20-10-6-18(24)7-11-20)34-16-5-17-35-23(27-15-4-2)29-37(32,33)21-12-8-19(25)9-13-21/h3-4,6-13H,1-2,5,14-17H2,(H,26,28)(H,27,29). The highest BCUT2D eigenvalue weighted by atomic mass is 35.5. The minimum atomic E-state index is -3.84. The Bertz CT molecular complexity index is 1230. The molecule has 0 aromatic heterocycles. The number of benzene rings is 2. The van der Waals surface area contributed by atoms with Crippen LogP contribution >= 0.6 is 46.7 Å². The van der Waals surface area contributed by atoms with Crippen molar-refractivity contribution < 1.29 is 16.8 Å². The largest absolute Gasteiger partial charge is 0.263 e. The lowest BCUT2D eigenvalue weighted by molar-refractivity contribution is 0.591. The predicted octanol–water partition coefficient (Wildman–Crippen LogP) is 5.19. The first kappa shape index (κ1) is 31.3. The molecule has 2 aromatic rings. The van der Waals surface area contributed by atoms with Crippen LogP contribution in [0, 0.1) is 0 Å². The van der Waals surface area contributed by atoms with Crippen molar-refractivity contribution in [1.29, 1.82) is 0 Å². The second-order valence-electron chi connectivity index (χ2n) is 7.04. The Hall–Kier alpha value is -1.96. The van der Waals surface area contributed by atoms with Crippen LogP contribution in [0.15, 0.2) is 93.6 Å². The van der Waals surface area contributed by atoms with Crippen molar-refractivity contribution >= 4 is 77.1 Å². The van der Waals surface area contributed by atoms with Crippen LogP contribution in [0.25, 0.3) is 0 Å². The number of nitrogens with zero attached hydrogens (tertiary/aromatic N) is 2. The lowest BCUT2D eigenvalue weighted by Crippen LogP contribution is -2.29. The van der Waals surface area contributed by atoms with Crippen molar-refractivity contribution in [1.82, 2.24) is 9.44 Å². The Kier molecular flexibility index (Phi) is 13.1. The van der Waals surface area contributed by atoms with Crippen molar-refractivity contribution in [2.75, 3.05) is 24.6 Å². The number of sulfonamides is 2. The average Bonchev–Trinajstić information content (AvgIpc) is 2.85. The van der Waals surface area contributed by atoms with E-state index in [1.54, 1.807) is 12.2 Å². The molecule has 0 bridgehead atoms. The van der Waals surface area contributed by atoms with Crippen LogP contribution in [0.3, 0.4) is 0 Å². The van der Waals surface area contributed by atoms with Gasteiger partial charge >= 0.3 is 0 Å². The number of aliphatic imine (C=N–C) groups is 2. The Morgan fingerprint density at radius 3 is 1.41 bits per heavy atom. The zero-order valence-electron chi connectivity index (χ0n) is 19.6. The predicted molar refractivity (Wildman–Crippen MR) is 158 cm³/mol. The monoisotopic (exact) mass is 620 g/mol. The molecule has 0 heterocycles. The van der Waals surface area contributed by atoms with E-state index in [9.17, 15) is 16.8 Å². The summed E-state index contributed by atoms with van der Waals surface area (Å²) < 4.78 is 55.8. The second kappa shape index (κ2) is 15.5. The number of thioether (sulfide) groups is 2. The quantitative estimate of drug-likeness (QED) is 0.146. The van der Waals surface area contributed by atoms with Gasteiger partial charge in [0.25, 0.3) is 20.0 Å². The highest BCUT2D eigenvalue weighted by Crippen LogP contribution is 2.18. The first-order chi connectivity index (χ1) is 17.6. The summed E-state index contributed by atoms with van der Waals surface area (Å²) in [6, 6.07) is 11.6. The van der Waals surface area contributed by atoms with Crippen molar-refractivity contribution in [3.8, 4) is 0 Å². The van der Waals surface area contributed by atoms with Gasteiger partial charge in [-0.25, -0.2) is 16.8 Å². The van der Waals surface area contributed by atoms with Gasteiger partial charge in [0.05, 0.1) is 22.9 Å². The van der Waals surface area contributed by atoms with E-state index in [0.717, 1.165) is 0 Å². The lowest BCUT2D eigenvalue weighted by Gasteiger charge is -2.12. The minimum Gasteiger partial charge on any atom is -0.258 e. The highest BCUT2D eigenvalue weighted by Gasteiger charge is 2.18. The first-order valence-corrected chi connectivity index (χ1v) is 16.4. The Labute approximate surface area is 236 Å². The molecule has 0 aliphatic rings. The zero-order valence-corrected chi connectivity index (χ0v) is 24.4. The van der Waals surface area contributed by atoms with Gasteiger partial charge in [-0.05, 0) is 55.0 Å². The smallest absolute Gasteiger partial charge is 0.258 e. The van der Waals surface area contributed by atoms with Gasteiger partial charge in [0, 0.05) is 21.6 Å². The maximum atomic E-state index is 12.7. The Balaban J connectivity index is 1.96. The molecule has 0 aliphatic carbocycles. The summed E-state index contributed by atoms with van der Waals surface area (Å²) in [7, 11) is -7.67. The number of amidine groups is 2. The lowest BCUT2D eigenvalue weighted by atomic mass is 10.4. The summed E-state index contributed by atoms with van der Waals surface area (Å²) in [6.45, 7) is 7.71. The fourth-order valence-electron chi connectivity index (χ4n) is 2.48. The number of nitrogens with one attached hydrogen (secondary N) is 2. The van der Waals surface area contributed by atoms with Crippen LogP contribution in [0.1, 0.15) is 6.42 Å². The third kappa shape index (κ3) is 11.1. The molecule has 0 saturated heterocycles. The Morgan fingerprint density at radius 2 is 1.08 bits per heavy atom. The van der Waals surface area contributed by atoms with E-state index in [1.807, 2.05) is 0 Å². The number of hydrogen-bond acceptors (Lipinski definition) is 8. The second-order valence-corrected chi connectivity index (χ2v) is 13.4. The molecule has 0 amide bonds. The maximum Gasteiger partial charge on any atom is 0.263 e. The van der Waals surface area contributed by atoms with Gasteiger partial charge in [0.1, 0.15) is 0 Å². The topological polar surface area (TPSA) is 117 Å². The fourth-order valence-corrected chi connectivity index (χ4v) is 7.15. The van der Waals surface area contributed by atoms with Gasteiger partial charge in [0.2, 0.25) is 0 Å². The number of halogens is 2. The van der Waals surface area contributed by atoms with E-state index in [2.05, 4.69) is 32.6 Å². The highest BCUT2D eigenvalue weighted by molar-refractivity contribution is 8.15. The van der Waals surface area contributed by atoms with Crippen molar-refractivity contribution in [2.24, 2.45) is 9.98 Å². The summed E-state index contributed by atoms with van der Waals surface area (Å²) >= 11 is 14.2. The molecule has 0 saturated carbocycles. The molecule has 2 N–H and O–H groups in total. The molecule has 2 rings (SSSR count). The van der Waals surface area contributed by atoms with E-state index >= 15 is 0 Å². The summed E-state index contributed by atoms with van der Waals surface area (Å²) in [5.74, 6) is 1.04. The molecule has 0 unspecified atom stereocenters. The van der Waals surface area contributed by atoms with E-state index in [4.69, 9.17) is 23.2 Å². The normalized spacial score (nSPS) is 12.7. The molecule has 0 spiro atoms. The molecule has 200 valence electrons. The van der Waals surface area contributed by atoms with Crippen LogP contribution in [0.5, 0.6) is 0 Å². The first-order valence-electron chi connectivity index (χ1n) is 10.7. The van der Waals surface area contributed by atoms with Gasteiger partial charge in [-0.15, -0.1) is 13.2 Å². The number of hydrogen-bond donors (Lipinski definition) is 2. The summed E-state index contributed by atoms with van der Waals surface area (Å²) in [5.41, 5.74) is 0. The van der Waals surface area contributed by atoms with Gasteiger partial charge in [-0.2, -0.15) is 0 Å². The van der Waals surface area contributed by atoms with Crippen LogP contribution in [0.4, 0.5) is 0 Å². The maximum absolute atomic E-state index is 12.7. The fraction of sp³-hybridized carbons (Fsp3) is 0.217. The average molecular weight is 622 g/mol. The SMILES string of the molecule is C=CCN=C(NS(=O)(=O)c1ccc(Cl)cc1)SCCCSC(=NCC=C)NS(=O)(=O)c1ccc(Cl)cc1. The van der Waals surface area contributed by atoms with Crippen LogP contribution in [-0.4, -0.2) is 51.8 Å². The van der Waals surface area contributed by atoms with Crippen molar-refractivity contribution in [2.45, 2.75) is 16.2 Å². The summed E-state index contributed by atoms with van der Waals surface area (Å²) in [5, 5.41) is 1.31. The third-order valence-electron chi connectivity index (χ3n) is 4.19. The molecule has 2 aromatic carbocycles. The molecule has 0 fully saturated rings. The van der Waals surface area contributed by atoms with Crippen molar-refractivity contribution in [3.63, 3.8) is 0 Å². The third-order valence-corrected chi connectivity index (χ3v) is 9.65. The molecule has 0 atom stereocenters. The minimum absolute atomic E-state index is 0.0652. The molecule has 8 nitrogen and oxygen atoms in total. The molecule has 0 radical (unpaired) electrons. The molecule has 0 aliphatic heterocycles. The zero-order chi connectivity index (χ0) is 27.3. The van der Waals surface area contributed by atoms with E-state index in [0.29, 0.717) is 28.0 Å². The summed E-state index contributed by atoms with van der Waals surface area (Å²) in [6.07, 6.45) is 3.73. The van der Waals surface area contributed by atoms with E-state index in [-0.39, 0.29) is 33.2 Å². The van der Waals surface area contributed by atoms with E-state index in [1.165, 1.54) is 72.1 Å². The van der Waals surface area contributed by atoms with Crippen LogP contribution < -0.4 is 9.44 Å². The molecular formula is C23H26Cl2N4O4S4. The molecule has 37 heavy (non-hydrogen) atoms. The summed E-state index contributed by atoms with van der Waals surface area (Å²) in [4.78, 5) is 8.60. The van der Waals surface area contributed by atoms with Crippen molar-refractivity contribution in [3.05, 3.63) is 83.9 Å². The molecular weight excluding hydrogens is 595 g/mol. The van der Waals surface area contributed by atoms with Gasteiger partial charge < -0.3 is 0 Å². The van der Waals surface area contributed by atoms with Gasteiger partial charge in [-0.3, -0.25) is 19.4 Å². The van der Waals surface area contributed by atoms with Crippen LogP contribution in [0.2, 0.25) is 10.0 Å².